The van der Waals surface area contributed by atoms with E-state index in [2.05, 4.69) is 5.32 Å². The van der Waals surface area contributed by atoms with Gasteiger partial charge < -0.3 is 25.4 Å². The van der Waals surface area contributed by atoms with Gasteiger partial charge in [-0.3, -0.25) is 9.59 Å². The van der Waals surface area contributed by atoms with E-state index in [4.69, 9.17) is 15.2 Å². The molecule has 1 aliphatic rings. The molecule has 2 rings (SSSR count). The molecule has 0 bridgehead atoms. The summed E-state index contributed by atoms with van der Waals surface area (Å²) in [6, 6.07) is 5.13. The van der Waals surface area contributed by atoms with E-state index in [1.165, 1.54) is 0 Å². The molecule has 1 heterocycles. The van der Waals surface area contributed by atoms with Gasteiger partial charge in [0.2, 0.25) is 5.91 Å². The average molecular weight is 363 g/mol. The van der Waals surface area contributed by atoms with Crippen molar-refractivity contribution >= 4 is 11.8 Å². The van der Waals surface area contributed by atoms with Crippen molar-refractivity contribution in [1.82, 2.24) is 10.2 Å². The summed E-state index contributed by atoms with van der Waals surface area (Å²) in [5.41, 5.74) is 5.99. The second-order valence-electron chi connectivity index (χ2n) is 7.37. The molecule has 1 aliphatic heterocycles. The number of piperidine rings is 1. The number of hydrogen-bond acceptors (Lipinski definition) is 5. The zero-order chi connectivity index (χ0) is 19.3. The molecule has 7 nitrogen and oxygen atoms in total. The van der Waals surface area contributed by atoms with E-state index in [0.717, 1.165) is 0 Å². The number of nitrogens with zero attached hydrogens (tertiary/aromatic N) is 1. The third-order valence-electron chi connectivity index (χ3n) is 4.47. The molecule has 1 aromatic carbocycles. The van der Waals surface area contributed by atoms with Gasteiger partial charge in [-0.25, -0.2) is 0 Å². The van der Waals surface area contributed by atoms with Gasteiger partial charge in [-0.15, -0.1) is 0 Å². The van der Waals surface area contributed by atoms with Crippen LogP contribution in [0.25, 0.3) is 0 Å². The molecule has 7 heteroatoms. The molecule has 1 aromatic rings. The maximum atomic E-state index is 12.8. The first-order valence-electron chi connectivity index (χ1n) is 8.82. The van der Waals surface area contributed by atoms with Gasteiger partial charge in [-0.2, -0.15) is 0 Å². The zero-order valence-corrected chi connectivity index (χ0v) is 16.0. The van der Waals surface area contributed by atoms with Crippen LogP contribution in [0.15, 0.2) is 18.2 Å². The number of amides is 2. The summed E-state index contributed by atoms with van der Waals surface area (Å²) in [6.07, 6.45) is 1.29. The topological polar surface area (TPSA) is 93.9 Å². The van der Waals surface area contributed by atoms with Gasteiger partial charge in [-0.1, -0.05) is 0 Å². The standard InChI is InChI=1S/C19H29N3O4/c1-19(2,20)12-21-17(23)13-5-7-22(8-6-13)18(24)14-9-15(25-3)11-16(10-14)26-4/h9-11,13H,5-8,12,20H2,1-4H3,(H,21,23). The summed E-state index contributed by atoms with van der Waals surface area (Å²) in [5.74, 6) is 1.00. The van der Waals surface area contributed by atoms with Crippen LogP contribution >= 0.6 is 0 Å². The highest BCUT2D eigenvalue weighted by Gasteiger charge is 2.28. The number of nitrogens with two attached hydrogens (primary N) is 1. The van der Waals surface area contributed by atoms with Gasteiger partial charge in [0.1, 0.15) is 11.5 Å². The molecule has 3 N–H and O–H groups in total. The Balaban J connectivity index is 1.95. The number of methoxy groups -OCH3 is 2. The van der Waals surface area contributed by atoms with E-state index in [0.29, 0.717) is 49.5 Å². The van der Waals surface area contributed by atoms with Crippen molar-refractivity contribution in [3.8, 4) is 11.5 Å². The van der Waals surface area contributed by atoms with Crippen molar-refractivity contribution < 1.29 is 19.1 Å². The first-order valence-corrected chi connectivity index (χ1v) is 8.82. The maximum absolute atomic E-state index is 12.8. The molecular formula is C19H29N3O4. The van der Waals surface area contributed by atoms with Crippen molar-refractivity contribution in [2.24, 2.45) is 11.7 Å². The van der Waals surface area contributed by atoms with Crippen molar-refractivity contribution in [3.63, 3.8) is 0 Å². The third kappa shape index (κ3) is 5.36. The van der Waals surface area contributed by atoms with Crippen LogP contribution in [-0.2, 0) is 4.79 Å². The number of benzene rings is 1. The molecule has 144 valence electrons. The fourth-order valence-corrected chi connectivity index (χ4v) is 2.92. The Labute approximate surface area is 154 Å². The van der Waals surface area contributed by atoms with Crippen molar-refractivity contribution in [1.29, 1.82) is 0 Å². The van der Waals surface area contributed by atoms with Crippen LogP contribution in [0, 0.1) is 5.92 Å². The number of hydrogen-bond donors (Lipinski definition) is 2. The second kappa shape index (κ2) is 8.40. The van der Waals surface area contributed by atoms with Crippen LogP contribution in [0.5, 0.6) is 11.5 Å². The Kier molecular flexibility index (Phi) is 6.47. The van der Waals surface area contributed by atoms with Gasteiger partial charge in [0.25, 0.3) is 5.91 Å². The number of nitrogens with one attached hydrogen (secondary N) is 1. The van der Waals surface area contributed by atoms with E-state index < -0.39 is 5.54 Å². The Morgan fingerprint density at radius 1 is 1.15 bits per heavy atom. The predicted octanol–water partition coefficient (Wildman–Crippen LogP) is 1.41. The van der Waals surface area contributed by atoms with E-state index in [9.17, 15) is 9.59 Å². The van der Waals surface area contributed by atoms with Gasteiger partial charge in [0, 0.05) is 42.7 Å². The lowest BCUT2D eigenvalue weighted by Crippen LogP contribution is -2.48. The zero-order valence-electron chi connectivity index (χ0n) is 16.0. The lowest BCUT2D eigenvalue weighted by molar-refractivity contribution is -0.126. The van der Waals surface area contributed by atoms with E-state index in [1.807, 2.05) is 13.8 Å². The third-order valence-corrected chi connectivity index (χ3v) is 4.47. The van der Waals surface area contributed by atoms with E-state index in [1.54, 1.807) is 37.3 Å². The molecule has 0 aromatic heterocycles. The molecule has 0 aliphatic carbocycles. The molecular weight excluding hydrogens is 334 g/mol. The largest absolute Gasteiger partial charge is 0.497 e. The van der Waals surface area contributed by atoms with Crippen LogP contribution < -0.4 is 20.5 Å². The minimum atomic E-state index is -0.433. The first-order chi connectivity index (χ1) is 12.2. The lowest BCUT2D eigenvalue weighted by Gasteiger charge is -2.32. The molecule has 0 saturated carbocycles. The average Bonchev–Trinajstić information content (AvgIpc) is 2.64. The molecule has 0 spiro atoms. The number of ether oxygens (including phenoxy) is 2. The number of carbonyl (C=O) groups is 2. The minimum Gasteiger partial charge on any atom is -0.497 e. The van der Waals surface area contributed by atoms with Crippen LogP contribution in [0.4, 0.5) is 0 Å². The Bertz CT molecular complexity index is 624. The molecule has 1 fully saturated rings. The van der Waals surface area contributed by atoms with Crippen molar-refractivity contribution in [3.05, 3.63) is 23.8 Å². The van der Waals surface area contributed by atoms with E-state index in [-0.39, 0.29) is 17.7 Å². The summed E-state index contributed by atoms with van der Waals surface area (Å²) in [7, 11) is 3.10. The van der Waals surface area contributed by atoms with Crippen LogP contribution in [0.2, 0.25) is 0 Å². The predicted molar refractivity (Wildman–Crippen MR) is 99.4 cm³/mol. The normalized spacial score (nSPS) is 15.5. The number of likely N-dealkylation sites (tertiary alicyclic amines) is 1. The fourth-order valence-electron chi connectivity index (χ4n) is 2.92. The first kappa shape index (κ1) is 20.0. The Morgan fingerprint density at radius 2 is 1.69 bits per heavy atom. The summed E-state index contributed by atoms with van der Waals surface area (Å²) < 4.78 is 10.4. The number of carbonyl (C=O) groups excluding carboxylic acids is 2. The summed E-state index contributed by atoms with van der Waals surface area (Å²) in [4.78, 5) is 26.8. The van der Waals surface area contributed by atoms with E-state index >= 15 is 0 Å². The summed E-state index contributed by atoms with van der Waals surface area (Å²) in [6.45, 7) is 5.27. The highest BCUT2D eigenvalue weighted by molar-refractivity contribution is 5.95. The van der Waals surface area contributed by atoms with Crippen LogP contribution in [0.1, 0.15) is 37.0 Å². The smallest absolute Gasteiger partial charge is 0.254 e. The SMILES string of the molecule is COc1cc(OC)cc(C(=O)N2CCC(C(=O)NCC(C)(C)N)CC2)c1. The summed E-state index contributed by atoms with van der Waals surface area (Å²) in [5, 5.41) is 2.90. The van der Waals surface area contributed by atoms with Gasteiger partial charge >= 0.3 is 0 Å². The molecule has 1 saturated heterocycles. The molecule has 0 unspecified atom stereocenters. The minimum absolute atomic E-state index is 0.0127. The highest BCUT2D eigenvalue weighted by Crippen LogP contribution is 2.25. The van der Waals surface area contributed by atoms with Crippen LogP contribution in [-0.4, -0.2) is 56.1 Å². The van der Waals surface area contributed by atoms with Gasteiger partial charge in [0.15, 0.2) is 0 Å². The Morgan fingerprint density at radius 3 is 2.15 bits per heavy atom. The van der Waals surface area contributed by atoms with Crippen molar-refractivity contribution in [2.45, 2.75) is 32.2 Å². The number of rotatable bonds is 6. The second-order valence-corrected chi connectivity index (χ2v) is 7.37. The fraction of sp³-hybridized carbons (Fsp3) is 0.579. The molecule has 26 heavy (non-hydrogen) atoms. The van der Waals surface area contributed by atoms with Gasteiger partial charge in [0.05, 0.1) is 14.2 Å². The van der Waals surface area contributed by atoms with Crippen LogP contribution in [0.3, 0.4) is 0 Å². The molecule has 0 atom stereocenters. The molecule has 2 amide bonds. The maximum Gasteiger partial charge on any atom is 0.254 e. The lowest BCUT2D eigenvalue weighted by atomic mass is 9.95. The molecule has 0 radical (unpaired) electrons. The Hall–Kier alpha value is -2.28. The summed E-state index contributed by atoms with van der Waals surface area (Å²) >= 11 is 0. The monoisotopic (exact) mass is 363 g/mol. The van der Waals surface area contributed by atoms with Gasteiger partial charge in [-0.05, 0) is 38.8 Å². The van der Waals surface area contributed by atoms with Crippen molar-refractivity contribution in [2.75, 3.05) is 33.9 Å². The quantitative estimate of drug-likeness (QED) is 0.797. The highest BCUT2D eigenvalue weighted by atomic mass is 16.5.